The minimum absolute atomic E-state index is 0.0997. The average Bonchev–Trinajstić information content (AvgIpc) is 2.62. The number of aromatic nitrogens is 1. The zero-order chi connectivity index (χ0) is 18.7. The molecule has 0 fully saturated rings. The molecule has 0 saturated carbocycles. The molecule has 1 heterocycles. The Morgan fingerprint density at radius 1 is 0.808 bits per heavy atom. The number of benzene rings is 2. The van der Waals surface area contributed by atoms with E-state index in [4.69, 9.17) is 0 Å². The van der Waals surface area contributed by atoms with E-state index in [1.54, 1.807) is 32.0 Å². The molecule has 1 aliphatic carbocycles. The predicted octanol–water partition coefficient (Wildman–Crippen LogP) is 6.42. The van der Waals surface area contributed by atoms with Crippen LogP contribution in [0.3, 0.4) is 0 Å². The first-order chi connectivity index (χ1) is 12.2. The number of hydrogen-bond acceptors (Lipinski definition) is 1. The van der Waals surface area contributed by atoms with Gasteiger partial charge < -0.3 is 0 Å². The third kappa shape index (κ3) is 2.23. The quantitative estimate of drug-likeness (QED) is 0.494. The van der Waals surface area contributed by atoms with Crippen LogP contribution in [0.1, 0.15) is 36.1 Å². The third-order valence-corrected chi connectivity index (χ3v) is 5.70. The number of nitrogens with zero attached hydrogens (tertiary/aromatic N) is 1. The van der Waals surface area contributed by atoms with Gasteiger partial charge in [0.05, 0.1) is 11.1 Å². The van der Waals surface area contributed by atoms with Crippen molar-refractivity contribution in [2.24, 2.45) is 0 Å². The van der Waals surface area contributed by atoms with Gasteiger partial charge in [0.1, 0.15) is 0 Å². The van der Waals surface area contributed by atoms with Crippen molar-refractivity contribution in [2.45, 2.75) is 39.0 Å². The van der Waals surface area contributed by atoms with Gasteiger partial charge in [0.25, 0.3) is 5.92 Å². The molecule has 2 aromatic carbocycles. The molecule has 0 radical (unpaired) electrons. The second-order valence-electron chi connectivity index (χ2n) is 7.66. The Labute approximate surface area is 152 Å². The van der Waals surface area contributed by atoms with Crippen LogP contribution in [0.15, 0.2) is 54.7 Å². The van der Waals surface area contributed by atoms with Gasteiger partial charge in [0.2, 0.25) is 0 Å². The topological polar surface area (TPSA) is 12.9 Å². The standard InChI is InChI=1S/C23H21F2N/c1-14-11-21(26-13-15(14)2)16-9-10-19-18(12-16)17-7-5-6-8-20(17)23(24,25)22(19,3)4/h5-13H,1-4H3. The van der Waals surface area contributed by atoms with Crippen molar-refractivity contribution in [3.8, 4) is 22.4 Å². The molecule has 1 aromatic heterocycles. The molecule has 132 valence electrons. The summed E-state index contributed by atoms with van der Waals surface area (Å²) in [6, 6.07) is 14.6. The molecular weight excluding hydrogens is 328 g/mol. The van der Waals surface area contributed by atoms with E-state index in [2.05, 4.69) is 11.9 Å². The van der Waals surface area contributed by atoms with Crippen LogP contribution in [0.5, 0.6) is 0 Å². The first-order valence-corrected chi connectivity index (χ1v) is 8.79. The SMILES string of the molecule is Cc1cnc(-c2ccc3c(c2)-c2ccccc2C(F)(F)C3(C)C)cc1C. The molecule has 0 spiro atoms. The van der Waals surface area contributed by atoms with E-state index < -0.39 is 11.3 Å². The summed E-state index contributed by atoms with van der Waals surface area (Å²) >= 11 is 0. The van der Waals surface area contributed by atoms with Gasteiger partial charge in [-0.25, -0.2) is 8.78 Å². The van der Waals surface area contributed by atoms with Gasteiger partial charge in [0, 0.05) is 17.3 Å². The summed E-state index contributed by atoms with van der Waals surface area (Å²) in [5, 5.41) is 0. The zero-order valence-electron chi connectivity index (χ0n) is 15.4. The maximum Gasteiger partial charge on any atom is 0.282 e. The summed E-state index contributed by atoms with van der Waals surface area (Å²) in [4.78, 5) is 4.53. The largest absolute Gasteiger partial charge is 0.282 e. The maximum atomic E-state index is 15.2. The van der Waals surface area contributed by atoms with Crippen LogP contribution in [0, 0.1) is 13.8 Å². The molecule has 26 heavy (non-hydrogen) atoms. The molecule has 0 saturated heterocycles. The first kappa shape index (κ1) is 16.9. The van der Waals surface area contributed by atoms with Crippen LogP contribution in [-0.2, 0) is 11.3 Å². The minimum atomic E-state index is -2.92. The lowest BCUT2D eigenvalue weighted by Crippen LogP contribution is -2.41. The number of halogens is 2. The van der Waals surface area contributed by atoms with Gasteiger partial charge in [-0.05, 0) is 67.6 Å². The maximum absolute atomic E-state index is 15.2. The van der Waals surface area contributed by atoms with Crippen LogP contribution in [0.25, 0.3) is 22.4 Å². The van der Waals surface area contributed by atoms with Crippen molar-refractivity contribution in [2.75, 3.05) is 0 Å². The van der Waals surface area contributed by atoms with E-state index in [-0.39, 0.29) is 5.56 Å². The fraction of sp³-hybridized carbons (Fsp3) is 0.261. The number of rotatable bonds is 1. The Bertz CT molecular complexity index is 1020. The summed E-state index contributed by atoms with van der Waals surface area (Å²) in [6.07, 6.45) is 1.86. The first-order valence-electron chi connectivity index (χ1n) is 8.79. The third-order valence-electron chi connectivity index (χ3n) is 5.70. The Kier molecular flexibility index (Phi) is 3.56. The number of alkyl halides is 2. The number of pyridine rings is 1. The van der Waals surface area contributed by atoms with Gasteiger partial charge in [-0.15, -0.1) is 0 Å². The molecule has 0 amide bonds. The van der Waals surface area contributed by atoms with Gasteiger partial charge >= 0.3 is 0 Å². The van der Waals surface area contributed by atoms with Crippen LogP contribution >= 0.6 is 0 Å². The molecular formula is C23H21F2N. The Morgan fingerprint density at radius 3 is 2.27 bits per heavy atom. The van der Waals surface area contributed by atoms with E-state index in [0.717, 1.165) is 22.4 Å². The lowest BCUT2D eigenvalue weighted by Gasteiger charge is -2.41. The second-order valence-corrected chi connectivity index (χ2v) is 7.66. The van der Waals surface area contributed by atoms with Gasteiger partial charge in [-0.2, -0.15) is 0 Å². The number of aryl methyl sites for hydroxylation is 2. The Morgan fingerprint density at radius 2 is 1.54 bits per heavy atom. The summed E-state index contributed by atoms with van der Waals surface area (Å²) < 4.78 is 30.3. The molecule has 1 aliphatic rings. The van der Waals surface area contributed by atoms with Crippen LogP contribution < -0.4 is 0 Å². The van der Waals surface area contributed by atoms with Gasteiger partial charge in [-0.1, -0.05) is 36.4 Å². The molecule has 3 heteroatoms. The van der Waals surface area contributed by atoms with Crippen molar-refractivity contribution in [3.63, 3.8) is 0 Å². The highest BCUT2D eigenvalue weighted by Crippen LogP contribution is 2.56. The highest BCUT2D eigenvalue weighted by molar-refractivity contribution is 5.80. The summed E-state index contributed by atoms with van der Waals surface area (Å²) in [5.74, 6) is -2.92. The zero-order valence-corrected chi connectivity index (χ0v) is 15.4. The molecule has 4 rings (SSSR count). The molecule has 3 aromatic rings. The average molecular weight is 349 g/mol. The van der Waals surface area contributed by atoms with Gasteiger partial charge in [0.15, 0.2) is 0 Å². The van der Waals surface area contributed by atoms with Crippen molar-refractivity contribution >= 4 is 0 Å². The second kappa shape index (κ2) is 5.47. The van der Waals surface area contributed by atoms with Crippen LogP contribution in [-0.4, -0.2) is 4.98 Å². The highest BCUT2D eigenvalue weighted by Gasteiger charge is 2.54. The van der Waals surface area contributed by atoms with Crippen molar-refractivity contribution < 1.29 is 8.78 Å². The monoisotopic (exact) mass is 349 g/mol. The lowest BCUT2D eigenvalue weighted by atomic mass is 9.67. The van der Waals surface area contributed by atoms with E-state index in [1.165, 1.54) is 5.56 Å². The normalized spacial score (nSPS) is 16.7. The van der Waals surface area contributed by atoms with Crippen LogP contribution in [0.2, 0.25) is 0 Å². The van der Waals surface area contributed by atoms with E-state index in [0.29, 0.717) is 11.1 Å². The van der Waals surface area contributed by atoms with Crippen molar-refractivity contribution in [1.82, 2.24) is 4.98 Å². The molecule has 0 unspecified atom stereocenters. The van der Waals surface area contributed by atoms with Crippen molar-refractivity contribution in [1.29, 1.82) is 0 Å². The fourth-order valence-electron chi connectivity index (χ4n) is 3.75. The van der Waals surface area contributed by atoms with Crippen molar-refractivity contribution in [3.05, 3.63) is 77.0 Å². The molecule has 0 aliphatic heterocycles. The van der Waals surface area contributed by atoms with E-state index in [1.807, 2.05) is 43.5 Å². The van der Waals surface area contributed by atoms with Gasteiger partial charge in [-0.3, -0.25) is 4.98 Å². The fourth-order valence-corrected chi connectivity index (χ4v) is 3.75. The Balaban J connectivity index is 1.97. The van der Waals surface area contributed by atoms with E-state index in [9.17, 15) is 0 Å². The van der Waals surface area contributed by atoms with Crippen LogP contribution in [0.4, 0.5) is 8.78 Å². The molecule has 1 nitrogen and oxygen atoms in total. The minimum Gasteiger partial charge on any atom is -0.256 e. The Hall–Kier alpha value is -2.55. The molecule has 0 atom stereocenters. The highest BCUT2D eigenvalue weighted by atomic mass is 19.3. The summed E-state index contributed by atoms with van der Waals surface area (Å²) in [5.41, 5.74) is 5.10. The number of hydrogen-bond donors (Lipinski definition) is 0. The number of fused-ring (bicyclic) bond motifs is 3. The molecule has 0 N–H and O–H groups in total. The lowest BCUT2D eigenvalue weighted by molar-refractivity contribution is -0.0739. The predicted molar refractivity (Wildman–Crippen MR) is 102 cm³/mol. The molecule has 0 bridgehead atoms. The van der Waals surface area contributed by atoms with E-state index >= 15 is 8.78 Å². The summed E-state index contributed by atoms with van der Waals surface area (Å²) in [7, 11) is 0. The summed E-state index contributed by atoms with van der Waals surface area (Å²) in [6.45, 7) is 7.32. The smallest absolute Gasteiger partial charge is 0.256 e.